The first-order valence-electron chi connectivity index (χ1n) is 2.73. The summed E-state index contributed by atoms with van der Waals surface area (Å²) in [5, 5.41) is 0. The summed E-state index contributed by atoms with van der Waals surface area (Å²) in [5.41, 5.74) is 1.00. The molecule has 1 rings (SSSR count). The molecule has 0 N–H and O–H groups in total. The standard InChI is InChI=1S/C6H8INO/c1-4-5(2)9-6(3-7)8-4/h3H2,1-2H3. The quantitative estimate of drug-likeness (QED) is 0.552. The van der Waals surface area contributed by atoms with E-state index in [1.807, 2.05) is 13.8 Å². The Morgan fingerprint density at radius 1 is 1.56 bits per heavy atom. The molecule has 1 aromatic rings. The minimum Gasteiger partial charge on any atom is -0.445 e. The van der Waals surface area contributed by atoms with Gasteiger partial charge in [0.2, 0.25) is 5.89 Å². The normalized spacial score (nSPS) is 10.1. The highest BCUT2D eigenvalue weighted by Gasteiger charge is 2.01. The van der Waals surface area contributed by atoms with E-state index in [1.54, 1.807) is 0 Å². The molecule has 0 saturated carbocycles. The third-order valence-corrected chi connectivity index (χ3v) is 1.84. The minimum atomic E-state index is 0.825. The molecule has 0 amide bonds. The molecule has 0 radical (unpaired) electrons. The van der Waals surface area contributed by atoms with Gasteiger partial charge >= 0.3 is 0 Å². The van der Waals surface area contributed by atoms with Crippen molar-refractivity contribution >= 4 is 22.6 Å². The second kappa shape index (κ2) is 2.68. The Hall–Kier alpha value is -0.0600. The van der Waals surface area contributed by atoms with E-state index in [1.165, 1.54) is 0 Å². The van der Waals surface area contributed by atoms with E-state index in [4.69, 9.17) is 4.42 Å². The van der Waals surface area contributed by atoms with Crippen molar-refractivity contribution in [1.82, 2.24) is 4.98 Å². The Morgan fingerprint density at radius 2 is 2.22 bits per heavy atom. The maximum absolute atomic E-state index is 5.24. The molecule has 0 fully saturated rings. The van der Waals surface area contributed by atoms with E-state index in [9.17, 15) is 0 Å². The van der Waals surface area contributed by atoms with Crippen molar-refractivity contribution in [2.24, 2.45) is 0 Å². The van der Waals surface area contributed by atoms with Crippen LogP contribution in [0.5, 0.6) is 0 Å². The van der Waals surface area contributed by atoms with Crippen LogP contribution in [0.1, 0.15) is 17.3 Å². The van der Waals surface area contributed by atoms with Crippen LogP contribution in [-0.2, 0) is 4.43 Å². The lowest BCUT2D eigenvalue weighted by atomic mass is 10.4. The zero-order valence-electron chi connectivity index (χ0n) is 5.44. The van der Waals surface area contributed by atoms with Crippen molar-refractivity contribution in [2.45, 2.75) is 18.3 Å². The molecule has 0 aliphatic carbocycles. The van der Waals surface area contributed by atoms with Gasteiger partial charge in [-0.3, -0.25) is 0 Å². The first kappa shape index (κ1) is 7.05. The lowest BCUT2D eigenvalue weighted by Crippen LogP contribution is -1.74. The highest BCUT2D eigenvalue weighted by atomic mass is 127. The van der Waals surface area contributed by atoms with Crippen LogP contribution in [0.4, 0.5) is 0 Å². The second-order valence-electron chi connectivity index (χ2n) is 1.88. The van der Waals surface area contributed by atoms with Crippen LogP contribution in [0.25, 0.3) is 0 Å². The molecular weight excluding hydrogens is 229 g/mol. The highest BCUT2D eigenvalue weighted by molar-refractivity contribution is 14.1. The van der Waals surface area contributed by atoms with E-state index >= 15 is 0 Å². The van der Waals surface area contributed by atoms with Gasteiger partial charge in [0, 0.05) is 0 Å². The van der Waals surface area contributed by atoms with Gasteiger partial charge in [-0.1, -0.05) is 22.6 Å². The van der Waals surface area contributed by atoms with Crippen LogP contribution >= 0.6 is 22.6 Å². The summed E-state index contributed by atoms with van der Waals surface area (Å²) in [4.78, 5) is 4.15. The van der Waals surface area contributed by atoms with Gasteiger partial charge in [0.15, 0.2) is 0 Å². The van der Waals surface area contributed by atoms with Gasteiger partial charge in [0.1, 0.15) is 5.76 Å². The summed E-state index contributed by atoms with van der Waals surface area (Å²) in [6.45, 7) is 3.88. The Bertz CT molecular complexity index is 187. The molecule has 0 aliphatic heterocycles. The summed E-state index contributed by atoms with van der Waals surface area (Å²) in [5.74, 6) is 1.76. The Labute approximate surface area is 67.8 Å². The predicted molar refractivity (Wildman–Crippen MR) is 43.7 cm³/mol. The van der Waals surface area contributed by atoms with Crippen LogP contribution in [-0.4, -0.2) is 4.98 Å². The van der Waals surface area contributed by atoms with E-state index in [2.05, 4.69) is 27.6 Å². The largest absolute Gasteiger partial charge is 0.445 e. The summed E-state index contributed by atoms with van der Waals surface area (Å²) < 4.78 is 6.10. The van der Waals surface area contributed by atoms with Crippen LogP contribution in [0.3, 0.4) is 0 Å². The summed E-state index contributed by atoms with van der Waals surface area (Å²) in [6.07, 6.45) is 0. The van der Waals surface area contributed by atoms with Crippen LogP contribution in [0, 0.1) is 13.8 Å². The molecule has 0 aromatic carbocycles. The number of aryl methyl sites for hydroxylation is 2. The van der Waals surface area contributed by atoms with Gasteiger partial charge in [0.05, 0.1) is 10.1 Å². The molecule has 3 heteroatoms. The molecule has 0 spiro atoms. The Balaban J connectivity index is 2.98. The molecule has 50 valence electrons. The molecule has 9 heavy (non-hydrogen) atoms. The highest BCUT2D eigenvalue weighted by Crippen LogP contribution is 2.10. The number of aromatic nitrogens is 1. The molecule has 1 aromatic heterocycles. The minimum absolute atomic E-state index is 0.825. The van der Waals surface area contributed by atoms with E-state index in [0.29, 0.717) is 0 Å². The van der Waals surface area contributed by atoms with E-state index in [-0.39, 0.29) is 0 Å². The van der Waals surface area contributed by atoms with Crippen LogP contribution < -0.4 is 0 Å². The number of halogens is 1. The zero-order chi connectivity index (χ0) is 6.85. The second-order valence-corrected chi connectivity index (χ2v) is 2.65. The molecular formula is C6H8INO. The molecule has 1 heterocycles. The number of oxazole rings is 1. The fraction of sp³-hybridized carbons (Fsp3) is 0.500. The van der Waals surface area contributed by atoms with Crippen LogP contribution in [0.15, 0.2) is 4.42 Å². The monoisotopic (exact) mass is 237 g/mol. The smallest absolute Gasteiger partial charge is 0.204 e. The number of nitrogens with zero attached hydrogens (tertiary/aromatic N) is 1. The summed E-state index contributed by atoms with van der Waals surface area (Å²) >= 11 is 2.23. The fourth-order valence-electron chi connectivity index (χ4n) is 0.596. The lowest BCUT2D eigenvalue weighted by Gasteiger charge is -1.79. The lowest BCUT2D eigenvalue weighted by molar-refractivity contribution is 0.492. The number of rotatable bonds is 1. The van der Waals surface area contributed by atoms with Crippen molar-refractivity contribution in [3.63, 3.8) is 0 Å². The molecule has 0 saturated heterocycles. The SMILES string of the molecule is Cc1nc(CI)oc1C. The van der Waals surface area contributed by atoms with E-state index < -0.39 is 0 Å². The Kier molecular flexibility index (Phi) is 2.10. The predicted octanol–water partition coefficient (Wildman–Crippen LogP) is 2.23. The molecule has 0 unspecified atom stereocenters. The van der Waals surface area contributed by atoms with Crippen molar-refractivity contribution in [3.05, 3.63) is 17.3 Å². The third-order valence-electron chi connectivity index (χ3n) is 1.19. The molecule has 0 atom stereocenters. The average Bonchev–Trinajstić information content (AvgIpc) is 2.13. The molecule has 2 nitrogen and oxygen atoms in total. The fourth-order valence-corrected chi connectivity index (χ4v) is 0.923. The maximum atomic E-state index is 5.24. The first-order valence-corrected chi connectivity index (χ1v) is 4.25. The average molecular weight is 237 g/mol. The van der Waals surface area contributed by atoms with Crippen LogP contribution in [0.2, 0.25) is 0 Å². The summed E-state index contributed by atoms with van der Waals surface area (Å²) in [6, 6.07) is 0. The van der Waals surface area contributed by atoms with Crippen molar-refractivity contribution in [1.29, 1.82) is 0 Å². The number of hydrogen-bond acceptors (Lipinski definition) is 2. The van der Waals surface area contributed by atoms with E-state index in [0.717, 1.165) is 21.8 Å². The van der Waals surface area contributed by atoms with Gasteiger partial charge in [-0.2, -0.15) is 0 Å². The van der Waals surface area contributed by atoms with Gasteiger partial charge < -0.3 is 4.42 Å². The van der Waals surface area contributed by atoms with Gasteiger partial charge in [-0.05, 0) is 13.8 Å². The van der Waals surface area contributed by atoms with Gasteiger partial charge in [0.25, 0.3) is 0 Å². The topological polar surface area (TPSA) is 26.0 Å². The third kappa shape index (κ3) is 1.44. The number of hydrogen-bond donors (Lipinski definition) is 0. The first-order chi connectivity index (χ1) is 4.24. The van der Waals surface area contributed by atoms with Gasteiger partial charge in [-0.25, -0.2) is 4.98 Å². The van der Waals surface area contributed by atoms with Gasteiger partial charge in [-0.15, -0.1) is 0 Å². The van der Waals surface area contributed by atoms with Crippen molar-refractivity contribution in [3.8, 4) is 0 Å². The van der Waals surface area contributed by atoms with Crippen molar-refractivity contribution < 1.29 is 4.42 Å². The Morgan fingerprint density at radius 3 is 2.44 bits per heavy atom. The molecule has 0 bridgehead atoms. The molecule has 0 aliphatic rings. The zero-order valence-corrected chi connectivity index (χ0v) is 7.60. The van der Waals surface area contributed by atoms with Crippen molar-refractivity contribution in [2.75, 3.05) is 0 Å². The maximum Gasteiger partial charge on any atom is 0.204 e. The number of alkyl halides is 1. The summed E-state index contributed by atoms with van der Waals surface area (Å²) in [7, 11) is 0.